The van der Waals surface area contributed by atoms with E-state index < -0.39 is 4.92 Å². The lowest BCUT2D eigenvalue weighted by Crippen LogP contribution is -2.13. The monoisotopic (exact) mass is 373 g/mol. The van der Waals surface area contributed by atoms with Crippen LogP contribution in [0.4, 0.5) is 11.4 Å². The number of amides is 1. The van der Waals surface area contributed by atoms with Crippen molar-refractivity contribution in [3.63, 3.8) is 0 Å². The van der Waals surface area contributed by atoms with Gasteiger partial charge in [-0.25, -0.2) is 4.98 Å². The van der Waals surface area contributed by atoms with E-state index >= 15 is 0 Å². The van der Waals surface area contributed by atoms with Crippen LogP contribution in [0, 0.1) is 17.0 Å². The standard InChI is InChI=1S/C21H15N3O4/c1-13-16(21-23-18-6-2-3-8-19(18)28-21)5-4-7-17(13)22-20(25)14-9-11-15(12-10-14)24(26)27/h2-12H,1H3,(H,22,25). The average molecular weight is 373 g/mol. The number of carbonyl (C=O) groups excluding carboxylic acids is 1. The second-order valence-corrected chi connectivity index (χ2v) is 6.22. The van der Waals surface area contributed by atoms with Gasteiger partial charge in [-0.1, -0.05) is 18.2 Å². The summed E-state index contributed by atoms with van der Waals surface area (Å²) in [6, 6.07) is 18.4. The van der Waals surface area contributed by atoms with Gasteiger partial charge in [-0.15, -0.1) is 0 Å². The van der Waals surface area contributed by atoms with Crippen LogP contribution in [0.25, 0.3) is 22.6 Å². The summed E-state index contributed by atoms with van der Waals surface area (Å²) in [5, 5.41) is 13.6. The van der Waals surface area contributed by atoms with Crippen molar-refractivity contribution in [2.24, 2.45) is 0 Å². The predicted octanol–water partition coefficient (Wildman–Crippen LogP) is 4.96. The van der Waals surface area contributed by atoms with Crippen LogP contribution >= 0.6 is 0 Å². The largest absolute Gasteiger partial charge is 0.436 e. The van der Waals surface area contributed by atoms with Crippen molar-refractivity contribution in [3.05, 3.63) is 88.0 Å². The number of aromatic nitrogens is 1. The minimum Gasteiger partial charge on any atom is -0.436 e. The number of fused-ring (bicyclic) bond motifs is 1. The van der Waals surface area contributed by atoms with Crippen molar-refractivity contribution in [3.8, 4) is 11.5 Å². The molecule has 0 radical (unpaired) electrons. The molecule has 0 atom stereocenters. The summed E-state index contributed by atoms with van der Waals surface area (Å²) >= 11 is 0. The maximum absolute atomic E-state index is 12.5. The summed E-state index contributed by atoms with van der Waals surface area (Å²) in [4.78, 5) is 27.3. The SMILES string of the molecule is Cc1c(NC(=O)c2ccc([N+](=O)[O-])cc2)cccc1-c1nc2ccccc2o1. The number of nitro benzene ring substituents is 1. The van der Waals surface area contributed by atoms with E-state index in [0.717, 1.165) is 16.6 Å². The van der Waals surface area contributed by atoms with E-state index in [1.165, 1.54) is 24.3 Å². The maximum Gasteiger partial charge on any atom is 0.269 e. The Morgan fingerprint density at radius 1 is 1.04 bits per heavy atom. The first kappa shape index (κ1) is 17.4. The number of nitrogens with one attached hydrogen (secondary N) is 1. The van der Waals surface area contributed by atoms with Gasteiger partial charge in [0.1, 0.15) is 5.52 Å². The molecule has 0 aliphatic heterocycles. The molecule has 0 aliphatic carbocycles. The minimum absolute atomic E-state index is 0.0642. The molecule has 3 aromatic carbocycles. The highest BCUT2D eigenvalue weighted by molar-refractivity contribution is 6.05. The Morgan fingerprint density at radius 3 is 2.50 bits per heavy atom. The van der Waals surface area contributed by atoms with Crippen LogP contribution in [0.1, 0.15) is 15.9 Å². The molecule has 0 saturated carbocycles. The lowest BCUT2D eigenvalue weighted by atomic mass is 10.1. The second-order valence-electron chi connectivity index (χ2n) is 6.22. The molecule has 4 rings (SSSR count). The van der Waals surface area contributed by atoms with Crippen LogP contribution < -0.4 is 5.32 Å². The first-order chi connectivity index (χ1) is 13.5. The van der Waals surface area contributed by atoms with Gasteiger partial charge in [-0.2, -0.15) is 0 Å². The highest BCUT2D eigenvalue weighted by Crippen LogP contribution is 2.30. The minimum atomic E-state index is -0.504. The van der Waals surface area contributed by atoms with Crippen molar-refractivity contribution < 1.29 is 14.1 Å². The Bertz CT molecular complexity index is 1160. The number of anilines is 1. The molecule has 0 spiro atoms. The highest BCUT2D eigenvalue weighted by atomic mass is 16.6. The van der Waals surface area contributed by atoms with Crippen LogP contribution in [0.5, 0.6) is 0 Å². The van der Waals surface area contributed by atoms with E-state index in [9.17, 15) is 14.9 Å². The van der Waals surface area contributed by atoms with Crippen LogP contribution in [0.15, 0.2) is 71.1 Å². The molecule has 0 aliphatic rings. The number of oxazole rings is 1. The molecule has 0 saturated heterocycles. The first-order valence-corrected chi connectivity index (χ1v) is 8.54. The molecule has 1 aromatic heterocycles. The molecule has 0 unspecified atom stereocenters. The van der Waals surface area contributed by atoms with Crippen molar-refractivity contribution in [2.45, 2.75) is 6.92 Å². The van der Waals surface area contributed by atoms with Gasteiger partial charge in [0.2, 0.25) is 5.89 Å². The number of benzene rings is 3. The summed E-state index contributed by atoms with van der Waals surface area (Å²) in [5.74, 6) is 0.123. The lowest BCUT2D eigenvalue weighted by molar-refractivity contribution is -0.384. The van der Waals surface area contributed by atoms with Crippen LogP contribution in [-0.4, -0.2) is 15.8 Å². The zero-order valence-electron chi connectivity index (χ0n) is 14.9. The zero-order chi connectivity index (χ0) is 19.7. The molecule has 0 fully saturated rings. The van der Waals surface area contributed by atoms with Gasteiger partial charge in [-0.3, -0.25) is 14.9 Å². The predicted molar refractivity (Wildman–Crippen MR) is 105 cm³/mol. The van der Waals surface area contributed by atoms with Crippen molar-refractivity contribution in [2.75, 3.05) is 5.32 Å². The molecule has 28 heavy (non-hydrogen) atoms. The van der Waals surface area contributed by atoms with Crippen molar-refractivity contribution in [1.29, 1.82) is 0 Å². The number of para-hydroxylation sites is 2. The Morgan fingerprint density at radius 2 is 1.79 bits per heavy atom. The molecule has 1 heterocycles. The van der Waals surface area contributed by atoms with Crippen molar-refractivity contribution in [1.82, 2.24) is 4.98 Å². The van der Waals surface area contributed by atoms with Gasteiger partial charge in [0.15, 0.2) is 5.58 Å². The summed E-state index contributed by atoms with van der Waals surface area (Å²) in [5.41, 5.74) is 3.92. The fraction of sp³-hybridized carbons (Fsp3) is 0.0476. The second kappa shape index (κ2) is 6.96. The van der Waals surface area contributed by atoms with E-state index in [4.69, 9.17) is 4.42 Å². The summed E-state index contributed by atoms with van der Waals surface area (Å²) in [7, 11) is 0. The highest BCUT2D eigenvalue weighted by Gasteiger charge is 2.15. The third-order valence-electron chi connectivity index (χ3n) is 4.45. The van der Waals surface area contributed by atoms with E-state index in [0.29, 0.717) is 22.7 Å². The summed E-state index contributed by atoms with van der Waals surface area (Å²) < 4.78 is 5.83. The Kier molecular flexibility index (Phi) is 4.33. The maximum atomic E-state index is 12.5. The molecule has 0 bridgehead atoms. The van der Waals surface area contributed by atoms with E-state index in [-0.39, 0.29) is 11.6 Å². The molecular formula is C21H15N3O4. The van der Waals surface area contributed by atoms with E-state index in [1.807, 2.05) is 43.3 Å². The number of nitrogens with zero attached hydrogens (tertiary/aromatic N) is 2. The van der Waals surface area contributed by atoms with Crippen LogP contribution in [0.2, 0.25) is 0 Å². The molecule has 1 N–H and O–H groups in total. The van der Waals surface area contributed by atoms with E-state index in [1.54, 1.807) is 6.07 Å². The van der Waals surface area contributed by atoms with Gasteiger partial charge in [0, 0.05) is 28.9 Å². The Labute approximate surface area is 159 Å². The summed E-state index contributed by atoms with van der Waals surface area (Å²) in [6.07, 6.45) is 0. The number of non-ortho nitro benzene ring substituents is 1. The number of carbonyl (C=O) groups is 1. The van der Waals surface area contributed by atoms with Gasteiger partial charge < -0.3 is 9.73 Å². The number of hydrogen-bond donors (Lipinski definition) is 1. The average Bonchev–Trinajstić information content (AvgIpc) is 3.13. The fourth-order valence-electron chi connectivity index (χ4n) is 2.92. The molecule has 1 amide bonds. The molecule has 4 aromatic rings. The van der Waals surface area contributed by atoms with Crippen LogP contribution in [-0.2, 0) is 0 Å². The van der Waals surface area contributed by atoms with E-state index in [2.05, 4.69) is 10.3 Å². The normalized spacial score (nSPS) is 10.8. The molecule has 138 valence electrons. The van der Waals surface area contributed by atoms with Crippen molar-refractivity contribution >= 4 is 28.4 Å². The van der Waals surface area contributed by atoms with Gasteiger partial charge in [0.25, 0.3) is 11.6 Å². The topological polar surface area (TPSA) is 98.3 Å². The van der Waals surface area contributed by atoms with Gasteiger partial charge in [-0.05, 0) is 48.9 Å². The Hall–Kier alpha value is -4.00. The zero-order valence-corrected chi connectivity index (χ0v) is 14.9. The third-order valence-corrected chi connectivity index (χ3v) is 4.45. The summed E-state index contributed by atoms with van der Waals surface area (Å²) in [6.45, 7) is 1.87. The lowest BCUT2D eigenvalue weighted by Gasteiger charge is -2.11. The van der Waals surface area contributed by atoms with Crippen LogP contribution in [0.3, 0.4) is 0 Å². The fourth-order valence-corrected chi connectivity index (χ4v) is 2.92. The Balaban J connectivity index is 1.63. The number of nitro groups is 1. The van der Waals surface area contributed by atoms with Gasteiger partial charge in [0.05, 0.1) is 4.92 Å². The third kappa shape index (κ3) is 3.21. The number of rotatable bonds is 4. The number of hydrogen-bond acceptors (Lipinski definition) is 5. The molecule has 7 nitrogen and oxygen atoms in total. The quantitative estimate of drug-likeness (QED) is 0.402. The molecule has 7 heteroatoms. The molecular weight excluding hydrogens is 358 g/mol. The first-order valence-electron chi connectivity index (χ1n) is 8.54. The van der Waals surface area contributed by atoms with Gasteiger partial charge >= 0.3 is 0 Å². The smallest absolute Gasteiger partial charge is 0.269 e.